The fourth-order valence-electron chi connectivity index (χ4n) is 13.6. The summed E-state index contributed by atoms with van der Waals surface area (Å²) in [6, 6.07) is 3.23. The smallest absolute Gasteiger partial charge is 1.00 e. The van der Waals surface area contributed by atoms with Crippen molar-refractivity contribution in [3.8, 4) is 6.07 Å². The zero-order valence-electron chi connectivity index (χ0n) is 66.9. The number of piperidine rings is 4. The molecule has 0 aromatic carbocycles. The maximum absolute atomic E-state index is 13.0. The summed E-state index contributed by atoms with van der Waals surface area (Å²) in [5.41, 5.74) is -2.03. The summed E-state index contributed by atoms with van der Waals surface area (Å²) in [6.45, 7) is 33.5. The van der Waals surface area contributed by atoms with E-state index >= 15 is 0 Å². The van der Waals surface area contributed by atoms with Crippen LogP contribution in [-0.4, -0.2) is 269 Å². The minimum absolute atomic E-state index is 0. The van der Waals surface area contributed by atoms with Crippen molar-refractivity contribution >= 4 is 93.4 Å². The van der Waals surface area contributed by atoms with E-state index in [0.29, 0.717) is 84.3 Å². The summed E-state index contributed by atoms with van der Waals surface area (Å²) in [5.74, 6) is -0.285. The van der Waals surface area contributed by atoms with Crippen LogP contribution in [0.5, 0.6) is 0 Å². The van der Waals surface area contributed by atoms with Crippen LogP contribution in [0.25, 0.3) is 11.0 Å². The van der Waals surface area contributed by atoms with Gasteiger partial charge in [-0.25, -0.2) is 38.7 Å². The molecule has 0 saturated carbocycles. The predicted molar refractivity (Wildman–Crippen MR) is 374 cm³/mol. The first-order valence-corrected chi connectivity index (χ1v) is 35.8. The molecule has 0 unspecified atom stereocenters. The van der Waals surface area contributed by atoms with Crippen LogP contribution >= 0.6 is 15.9 Å². The number of nitrogens with one attached hydrogen (secondary N) is 2. The van der Waals surface area contributed by atoms with E-state index in [9.17, 15) is 53.2 Å². The molecule has 0 bridgehead atoms. The molecule has 8 aliphatic heterocycles. The molecular formula is C68H110BrK2N16NaO15. The largest absolute Gasteiger partial charge is 1.00 e. The van der Waals surface area contributed by atoms with E-state index in [1.54, 1.807) is 44.8 Å². The number of amides is 14. The van der Waals surface area contributed by atoms with Crippen LogP contribution < -0.4 is 148 Å². The summed E-state index contributed by atoms with van der Waals surface area (Å²) in [4.78, 5) is 158. The Kier molecular flexibility index (Phi) is 38.4. The molecular weight excluding hydrogens is 1460 g/mol. The first kappa shape index (κ1) is 95.6. The molecule has 0 aliphatic carbocycles. The molecule has 14 amide bonds. The minimum Gasteiger partial charge on any atom is -1.00 e. The van der Waals surface area contributed by atoms with Gasteiger partial charge in [-0.2, -0.15) is 5.26 Å². The van der Waals surface area contributed by atoms with Gasteiger partial charge in [-0.1, -0.05) is 64.4 Å². The Labute approximate surface area is 726 Å². The van der Waals surface area contributed by atoms with Gasteiger partial charge in [0.25, 0.3) is 30.1 Å². The van der Waals surface area contributed by atoms with Gasteiger partial charge in [0.2, 0.25) is 5.82 Å². The van der Waals surface area contributed by atoms with Crippen LogP contribution in [0.15, 0.2) is 12.3 Å². The summed E-state index contributed by atoms with van der Waals surface area (Å²) in [6.07, 6.45) is 9.24. The van der Waals surface area contributed by atoms with Crippen LogP contribution in [0, 0.1) is 16.7 Å². The second-order valence-electron chi connectivity index (χ2n) is 29.6. The zero-order valence-corrected chi connectivity index (χ0v) is 74.7. The van der Waals surface area contributed by atoms with Gasteiger partial charge < -0.3 is 62.2 Å². The van der Waals surface area contributed by atoms with Gasteiger partial charge in [0.15, 0.2) is 0 Å². The molecule has 103 heavy (non-hydrogen) atoms. The number of rotatable bonds is 11. The monoisotopic (exact) mass is 1570 g/mol. The number of ether oxygens (including phenoxy) is 2. The van der Waals surface area contributed by atoms with E-state index in [-0.39, 0.29) is 213 Å². The maximum Gasteiger partial charge on any atom is 1.00 e. The SMILES string of the molecule is CCCBr.CCCN1C(=O)N(C)C(=O)C12CCN(C(=O)OC(C)(C)C)CC2.CCCN1C(=O)N(C)C(=O)C12CCN(Cc1cc3cnc(C#N)nc3n1CC(C)(C)C)CC2.CCCN1C(=O)N(C)C(=O)C12CCNCC2.CN1C(=O)NC2(CCN(C(=O)OC(C)(C)C)CC2)C1=O.O=CO[O-].[H-].[H-].[K+].[K+].[Na+]. The maximum atomic E-state index is 13.0. The van der Waals surface area contributed by atoms with Gasteiger partial charge in [0, 0.05) is 123 Å². The number of carbonyl (C=O) groups is 11. The number of aromatic nitrogens is 3. The van der Waals surface area contributed by atoms with Crippen molar-refractivity contribution < 1.29 is 208 Å². The molecule has 2 aromatic heterocycles. The predicted octanol–water partition coefficient (Wildman–Crippen LogP) is -2.14. The van der Waals surface area contributed by atoms with Crippen molar-refractivity contribution in [2.75, 3.05) is 106 Å². The number of urea groups is 4. The van der Waals surface area contributed by atoms with E-state index in [0.717, 1.165) is 98.3 Å². The van der Waals surface area contributed by atoms with Gasteiger partial charge in [-0.05, 0) is 143 Å². The number of hydrogen-bond acceptors (Lipinski definition) is 20. The normalized spacial score (nSPS) is 19.5. The van der Waals surface area contributed by atoms with Crippen LogP contribution in [0.3, 0.4) is 0 Å². The number of hydrogen-bond donors (Lipinski definition) is 2. The fraction of sp³-hybridized carbons (Fsp3) is 0.735. The quantitative estimate of drug-likeness (QED) is 0.0605. The Bertz CT molecular complexity index is 3320. The Morgan fingerprint density at radius 3 is 1.34 bits per heavy atom. The molecule has 8 saturated heterocycles. The number of alkyl halides is 1. The summed E-state index contributed by atoms with van der Waals surface area (Å²) in [5, 5.41) is 25.7. The van der Waals surface area contributed by atoms with Crippen LogP contribution in [0.2, 0.25) is 0 Å². The number of fused-ring (bicyclic) bond motifs is 1. The van der Waals surface area contributed by atoms with Crippen molar-refractivity contribution in [3.05, 3.63) is 23.8 Å². The van der Waals surface area contributed by atoms with E-state index in [4.69, 9.17) is 19.5 Å². The molecule has 2 N–H and O–H groups in total. The third-order valence-corrected chi connectivity index (χ3v) is 19.4. The van der Waals surface area contributed by atoms with Crippen LogP contribution in [0.4, 0.5) is 28.8 Å². The molecule has 10 rings (SSSR count). The average molecular weight is 1570 g/mol. The van der Waals surface area contributed by atoms with Crippen molar-refractivity contribution in [3.63, 3.8) is 0 Å². The number of likely N-dealkylation sites (N-methyl/N-ethyl adjacent to an activating group) is 4. The van der Waals surface area contributed by atoms with E-state index in [2.05, 4.69) is 84.6 Å². The number of halogens is 1. The Balaban J connectivity index is 0.00000134. The van der Waals surface area contributed by atoms with Crippen molar-refractivity contribution in [2.24, 2.45) is 5.41 Å². The second-order valence-corrected chi connectivity index (χ2v) is 30.4. The molecule has 8 aliphatic rings. The number of nitriles is 1. The fourth-order valence-corrected chi connectivity index (χ4v) is 13.6. The second kappa shape index (κ2) is 41.3. The third-order valence-electron chi connectivity index (χ3n) is 18.6. The van der Waals surface area contributed by atoms with Gasteiger partial charge >= 0.3 is 169 Å². The van der Waals surface area contributed by atoms with Crippen molar-refractivity contribution in [1.29, 1.82) is 5.26 Å². The van der Waals surface area contributed by atoms with E-state index in [1.165, 1.54) is 35.2 Å². The van der Waals surface area contributed by atoms with Gasteiger partial charge in [-0.15, -0.1) is 0 Å². The molecule has 10 heterocycles. The minimum atomic E-state index is -0.843. The molecule has 0 atom stereocenters. The Morgan fingerprint density at radius 1 is 0.631 bits per heavy atom. The number of imide groups is 4. The number of nitrogens with zero attached hydrogens (tertiary/aromatic N) is 14. The third kappa shape index (κ3) is 23.3. The molecule has 8 fully saturated rings. The molecule has 0 radical (unpaired) electrons. The topological polar surface area (TPSA) is 349 Å². The molecule has 4 spiro atoms. The zero-order chi connectivity index (χ0) is 75.1. The Hall–Kier alpha value is -3.49. The first-order chi connectivity index (χ1) is 46.8. The van der Waals surface area contributed by atoms with Crippen molar-refractivity contribution in [2.45, 2.75) is 214 Å². The van der Waals surface area contributed by atoms with E-state index in [1.807, 2.05) is 68.4 Å². The van der Waals surface area contributed by atoms with Crippen LogP contribution in [-0.2, 0) is 51.4 Å². The Morgan fingerprint density at radius 2 is 1.01 bits per heavy atom. The first-order valence-electron chi connectivity index (χ1n) is 34.6. The van der Waals surface area contributed by atoms with Gasteiger partial charge in [-0.3, -0.25) is 48.5 Å². The molecule has 31 nitrogen and oxygen atoms in total. The van der Waals surface area contributed by atoms with Crippen molar-refractivity contribution in [1.82, 2.24) is 74.2 Å². The summed E-state index contributed by atoms with van der Waals surface area (Å²) in [7, 11) is 6.18. The molecule has 35 heteroatoms. The van der Waals surface area contributed by atoms with E-state index < -0.39 is 33.4 Å². The number of carbonyl (C=O) groups excluding carboxylic acids is 11. The van der Waals surface area contributed by atoms with Gasteiger partial charge in [0.05, 0.1) is 0 Å². The summed E-state index contributed by atoms with van der Waals surface area (Å²) >= 11 is 3.25. The van der Waals surface area contributed by atoms with Gasteiger partial charge in [0.1, 0.15) is 45.1 Å². The standard InChI is InChI=1S/C24H33N7O2.C16H27N3O4.C13H21N3O4.C11H19N3O2.C3H7Br.CH2O3.2K.Na.2H/c1-6-9-31-22(33)28(5)21(32)24(31)7-10-29(11-8-24)15-18-12-17-14-26-19(13-25)27-20(17)30(18)16-23(2,3)4;1-6-9-19-13(21)17(5)12(20)16(19)7-10-18(11-8-16)14(22)23-15(2,3)4;1-12(2,3)20-11(19)16-7-5-13(6-8-16)9(17)15(4)10(18)14-13;1-3-8-14-10(16)13(2)9(15)11(14)4-6-12-7-5-11;1-2-3-4;2-1-4-3;;;;;/h12,14H,6-11,15-16H2,1-5H3;6-11H2,1-5H3;5-8H2,1-4H3,(H,14,18);12H,3-8H2,1-2H3;2-3H2,1H3;1,3H;;;;;/q;;;;;;3*+1;2*-1/p-1. The molecule has 2 aromatic rings. The number of likely N-dealkylation sites (tertiary alicyclic amines) is 3. The summed E-state index contributed by atoms with van der Waals surface area (Å²) < 4.78 is 12.9. The molecule has 562 valence electrons. The van der Waals surface area contributed by atoms with Crippen LogP contribution in [0.1, 0.15) is 181 Å². The average Bonchev–Trinajstić information content (AvgIpc) is 1.62.